The lowest BCUT2D eigenvalue weighted by Crippen LogP contribution is -2.15. The van der Waals surface area contributed by atoms with E-state index >= 15 is 0 Å². The average molecular weight is 370 g/mol. The standard InChI is InChI=1S/C20H20ClN3O2/c1-13-8-14(2)10-17(9-13)26-12-24-7-6-18(23-24)20(25)22-19-11-16(21)5-4-15(19)3/h4-11H,12H2,1-3H3,(H,22,25). The molecule has 134 valence electrons. The third kappa shape index (κ3) is 4.43. The Morgan fingerprint density at radius 1 is 1.12 bits per heavy atom. The van der Waals surface area contributed by atoms with Gasteiger partial charge in [0.1, 0.15) is 5.75 Å². The predicted octanol–water partition coefficient (Wildman–Crippen LogP) is 4.75. The van der Waals surface area contributed by atoms with E-state index in [9.17, 15) is 4.79 Å². The highest BCUT2D eigenvalue weighted by Gasteiger charge is 2.11. The van der Waals surface area contributed by atoms with E-state index < -0.39 is 0 Å². The SMILES string of the molecule is Cc1cc(C)cc(OCn2ccc(C(=O)Nc3cc(Cl)ccc3C)n2)c1. The number of hydrogen-bond acceptors (Lipinski definition) is 3. The molecule has 0 fully saturated rings. The molecule has 0 bridgehead atoms. The Balaban J connectivity index is 1.65. The normalized spacial score (nSPS) is 10.6. The van der Waals surface area contributed by atoms with Crippen molar-refractivity contribution in [2.75, 3.05) is 5.32 Å². The fourth-order valence-electron chi connectivity index (χ4n) is 2.63. The van der Waals surface area contributed by atoms with Gasteiger partial charge in [0, 0.05) is 16.9 Å². The molecule has 0 aliphatic carbocycles. The Kier molecular flexibility index (Phi) is 5.28. The summed E-state index contributed by atoms with van der Waals surface area (Å²) in [4.78, 5) is 12.4. The van der Waals surface area contributed by atoms with E-state index in [1.807, 2.05) is 39.0 Å². The third-order valence-corrected chi connectivity index (χ3v) is 4.11. The Labute approximate surface area is 157 Å². The van der Waals surface area contributed by atoms with E-state index in [2.05, 4.69) is 16.5 Å². The van der Waals surface area contributed by atoms with E-state index in [4.69, 9.17) is 16.3 Å². The van der Waals surface area contributed by atoms with Crippen molar-refractivity contribution in [2.45, 2.75) is 27.5 Å². The van der Waals surface area contributed by atoms with Crippen molar-refractivity contribution in [3.8, 4) is 5.75 Å². The maximum atomic E-state index is 12.4. The number of anilines is 1. The van der Waals surface area contributed by atoms with Crippen LogP contribution in [0.5, 0.6) is 5.75 Å². The number of nitrogens with one attached hydrogen (secondary N) is 1. The van der Waals surface area contributed by atoms with E-state index in [1.165, 1.54) is 0 Å². The molecule has 0 radical (unpaired) electrons. The lowest BCUT2D eigenvalue weighted by atomic mass is 10.1. The summed E-state index contributed by atoms with van der Waals surface area (Å²) < 4.78 is 7.33. The fourth-order valence-corrected chi connectivity index (χ4v) is 2.80. The van der Waals surface area contributed by atoms with Crippen LogP contribution < -0.4 is 10.1 Å². The van der Waals surface area contributed by atoms with Gasteiger partial charge in [0.05, 0.1) is 0 Å². The molecule has 1 aromatic heterocycles. The molecule has 0 saturated heterocycles. The number of amides is 1. The van der Waals surface area contributed by atoms with Gasteiger partial charge in [0.25, 0.3) is 5.91 Å². The minimum atomic E-state index is -0.291. The van der Waals surface area contributed by atoms with Crippen LogP contribution in [0.25, 0.3) is 0 Å². The second kappa shape index (κ2) is 7.62. The van der Waals surface area contributed by atoms with E-state index in [0.29, 0.717) is 16.4 Å². The molecular formula is C20H20ClN3O2. The number of aryl methyl sites for hydroxylation is 3. The van der Waals surface area contributed by atoms with Crippen molar-refractivity contribution in [2.24, 2.45) is 0 Å². The summed E-state index contributed by atoms with van der Waals surface area (Å²) in [7, 11) is 0. The van der Waals surface area contributed by atoms with Gasteiger partial charge in [0.2, 0.25) is 0 Å². The van der Waals surface area contributed by atoms with Crippen LogP contribution >= 0.6 is 11.6 Å². The van der Waals surface area contributed by atoms with Crippen LogP contribution in [0.2, 0.25) is 5.02 Å². The number of aromatic nitrogens is 2. The van der Waals surface area contributed by atoms with Crippen LogP contribution in [0.4, 0.5) is 5.69 Å². The maximum Gasteiger partial charge on any atom is 0.276 e. The van der Waals surface area contributed by atoms with Gasteiger partial charge in [-0.15, -0.1) is 0 Å². The highest BCUT2D eigenvalue weighted by Crippen LogP contribution is 2.21. The van der Waals surface area contributed by atoms with E-state index in [0.717, 1.165) is 22.4 Å². The molecule has 0 aliphatic rings. The van der Waals surface area contributed by atoms with Crippen molar-refractivity contribution < 1.29 is 9.53 Å². The minimum Gasteiger partial charge on any atom is -0.471 e. The Bertz CT molecular complexity index is 930. The summed E-state index contributed by atoms with van der Waals surface area (Å²) in [6.45, 7) is 6.18. The predicted molar refractivity (Wildman–Crippen MR) is 103 cm³/mol. The van der Waals surface area contributed by atoms with Crippen molar-refractivity contribution in [1.82, 2.24) is 9.78 Å². The molecule has 3 rings (SSSR count). The maximum absolute atomic E-state index is 12.4. The van der Waals surface area contributed by atoms with Crippen LogP contribution in [0.15, 0.2) is 48.7 Å². The van der Waals surface area contributed by atoms with Crippen LogP contribution in [-0.4, -0.2) is 15.7 Å². The van der Waals surface area contributed by atoms with Gasteiger partial charge < -0.3 is 10.1 Å². The average Bonchev–Trinajstić information content (AvgIpc) is 3.04. The summed E-state index contributed by atoms with van der Waals surface area (Å²) in [5, 5.41) is 7.66. The van der Waals surface area contributed by atoms with Crippen molar-refractivity contribution in [1.29, 1.82) is 0 Å². The van der Waals surface area contributed by atoms with Crippen LogP contribution in [0.1, 0.15) is 27.2 Å². The van der Waals surface area contributed by atoms with Gasteiger partial charge in [-0.05, 0) is 67.8 Å². The number of carbonyl (C=O) groups excluding carboxylic acids is 1. The summed E-state index contributed by atoms with van der Waals surface area (Å²) in [6, 6.07) is 13.0. The molecule has 0 atom stereocenters. The smallest absolute Gasteiger partial charge is 0.276 e. The van der Waals surface area contributed by atoms with Crippen molar-refractivity contribution in [3.05, 3.63) is 76.1 Å². The first-order chi connectivity index (χ1) is 12.4. The molecular weight excluding hydrogens is 350 g/mol. The molecule has 26 heavy (non-hydrogen) atoms. The Hall–Kier alpha value is -2.79. The monoisotopic (exact) mass is 369 g/mol. The summed E-state index contributed by atoms with van der Waals surface area (Å²) >= 11 is 5.98. The summed E-state index contributed by atoms with van der Waals surface area (Å²) in [6.07, 6.45) is 1.71. The Morgan fingerprint density at radius 2 is 1.85 bits per heavy atom. The molecule has 1 N–H and O–H groups in total. The molecule has 0 spiro atoms. The number of benzene rings is 2. The molecule has 1 heterocycles. The fraction of sp³-hybridized carbons (Fsp3) is 0.200. The van der Waals surface area contributed by atoms with Gasteiger partial charge in [0.15, 0.2) is 12.4 Å². The largest absolute Gasteiger partial charge is 0.471 e. The first-order valence-corrected chi connectivity index (χ1v) is 8.60. The van der Waals surface area contributed by atoms with Crippen molar-refractivity contribution in [3.63, 3.8) is 0 Å². The second-order valence-electron chi connectivity index (χ2n) is 6.25. The van der Waals surface area contributed by atoms with Crippen LogP contribution in [0, 0.1) is 20.8 Å². The van der Waals surface area contributed by atoms with Gasteiger partial charge in [-0.3, -0.25) is 4.79 Å². The molecule has 5 nitrogen and oxygen atoms in total. The van der Waals surface area contributed by atoms with Gasteiger partial charge >= 0.3 is 0 Å². The lowest BCUT2D eigenvalue weighted by molar-refractivity contribution is 0.102. The number of nitrogens with zero attached hydrogens (tertiary/aromatic N) is 2. The van der Waals surface area contributed by atoms with Gasteiger partial charge in [-0.1, -0.05) is 23.7 Å². The quantitative estimate of drug-likeness (QED) is 0.706. The van der Waals surface area contributed by atoms with Crippen LogP contribution in [0.3, 0.4) is 0 Å². The van der Waals surface area contributed by atoms with Gasteiger partial charge in [-0.2, -0.15) is 5.10 Å². The van der Waals surface area contributed by atoms with E-state index in [1.54, 1.807) is 29.1 Å². The molecule has 0 aliphatic heterocycles. The third-order valence-electron chi connectivity index (χ3n) is 3.88. The highest BCUT2D eigenvalue weighted by atomic mass is 35.5. The summed E-state index contributed by atoms with van der Waals surface area (Å²) in [5.74, 6) is 0.485. The summed E-state index contributed by atoms with van der Waals surface area (Å²) in [5.41, 5.74) is 4.19. The zero-order valence-electron chi connectivity index (χ0n) is 14.9. The number of halogens is 1. The Morgan fingerprint density at radius 3 is 2.58 bits per heavy atom. The number of hydrogen-bond donors (Lipinski definition) is 1. The first-order valence-electron chi connectivity index (χ1n) is 8.23. The molecule has 2 aromatic carbocycles. The van der Waals surface area contributed by atoms with E-state index in [-0.39, 0.29) is 12.6 Å². The first kappa shape index (κ1) is 18.0. The zero-order chi connectivity index (χ0) is 18.7. The van der Waals surface area contributed by atoms with Crippen LogP contribution in [-0.2, 0) is 6.73 Å². The molecule has 1 amide bonds. The number of carbonyl (C=O) groups is 1. The van der Waals surface area contributed by atoms with Crippen molar-refractivity contribution >= 4 is 23.2 Å². The number of rotatable bonds is 5. The molecule has 0 unspecified atom stereocenters. The second-order valence-corrected chi connectivity index (χ2v) is 6.69. The van der Waals surface area contributed by atoms with Gasteiger partial charge in [-0.25, -0.2) is 4.68 Å². The highest BCUT2D eigenvalue weighted by molar-refractivity contribution is 6.31. The molecule has 0 saturated carbocycles. The molecule has 6 heteroatoms. The minimum absolute atomic E-state index is 0.229. The lowest BCUT2D eigenvalue weighted by Gasteiger charge is -2.09. The number of ether oxygens (including phenoxy) is 1. The molecule has 3 aromatic rings. The zero-order valence-corrected chi connectivity index (χ0v) is 15.7. The topological polar surface area (TPSA) is 56.1 Å².